The van der Waals surface area contributed by atoms with Crippen LogP contribution in [0.5, 0.6) is 0 Å². The van der Waals surface area contributed by atoms with Crippen molar-refractivity contribution in [1.82, 2.24) is 10.0 Å². The molecule has 12 heteroatoms. The monoisotopic (exact) mass is 493 g/mol. The van der Waals surface area contributed by atoms with Crippen LogP contribution >= 0.6 is 11.3 Å². The van der Waals surface area contributed by atoms with Crippen LogP contribution < -0.4 is 21.5 Å². The molecule has 1 amide bonds. The van der Waals surface area contributed by atoms with E-state index in [1.165, 1.54) is 11.3 Å². The number of carbonyl (C=O) groups is 2. The van der Waals surface area contributed by atoms with Gasteiger partial charge in [-0.3, -0.25) is 9.59 Å². The van der Waals surface area contributed by atoms with Crippen LogP contribution in [0.15, 0.2) is 40.2 Å². The molecule has 33 heavy (non-hydrogen) atoms. The van der Waals surface area contributed by atoms with Crippen molar-refractivity contribution in [2.45, 2.75) is 31.7 Å². The van der Waals surface area contributed by atoms with E-state index >= 15 is 0 Å². The summed E-state index contributed by atoms with van der Waals surface area (Å²) in [7, 11) is -4.13. The number of carboxylic acids is 1. The van der Waals surface area contributed by atoms with E-state index in [1.807, 2.05) is 6.92 Å². The number of nitrogens with one attached hydrogen (secondary N) is 2. The average Bonchev–Trinajstić information content (AvgIpc) is 3.15. The quantitative estimate of drug-likeness (QED) is 0.243. The number of aryl methyl sites for hydroxylation is 3. The Hall–Kier alpha value is -3.22. The van der Waals surface area contributed by atoms with Crippen molar-refractivity contribution in [1.29, 1.82) is 0 Å². The molecule has 0 saturated heterocycles. The summed E-state index contributed by atoms with van der Waals surface area (Å²) in [5.41, 5.74) is 12.4. The number of thiophene rings is 1. The predicted molar refractivity (Wildman–Crippen MR) is 129 cm³/mol. The number of amides is 1. The summed E-state index contributed by atoms with van der Waals surface area (Å²) >= 11 is 1.18. The number of nitrogens with two attached hydrogens (primary N) is 2. The minimum Gasteiger partial charge on any atom is -0.480 e. The molecule has 2 aromatic rings. The van der Waals surface area contributed by atoms with Gasteiger partial charge < -0.3 is 21.9 Å². The van der Waals surface area contributed by atoms with E-state index in [1.54, 1.807) is 50.3 Å². The Balaban J connectivity index is 2.07. The molecule has 1 aromatic heterocycles. The van der Waals surface area contributed by atoms with Gasteiger partial charge >= 0.3 is 5.97 Å². The van der Waals surface area contributed by atoms with Crippen LogP contribution in [0.4, 0.5) is 0 Å². The van der Waals surface area contributed by atoms with Crippen molar-refractivity contribution in [3.8, 4) is 0 Å². The first-order chi connectivity index (χ1) is 15.4. The molecular weight excluding hydrogens is 466 g/mol. The van der Waals surface area contributed by atoms with Crippen molar-refractivity contribution in [3.63, 3.8) is 0 Å². The van der Waals surface area contributed by atoms with Crippen LogP contribution in [0.3, 0.4) is 0 Å². The smallest absolute Gasteiger partial charge is 0.323 e. The number of benzene rings is 1. The summed E-state index contributed by atoms with van der Waals surface area (Å²) in [6.07, 6.45) is 3.46. The number of rotatable bonds is 10. The van der Waals surface area contributed by atoms with Crippen LogP contribution in [-0.2, 0) is 14.8 Å². The Morgan fingerprint density at radius 3 is 2.39 bits per heavy atom. The Bertz CT molecular complexity index is 1170. The number of hydrogen-bond acceptors (Lipinski definition) is 6. The van der Waals surface area contributed by atoms with Crippen molar-refractivity contribution >= 4 is 45.3 Å². The van der Waals surface area contributed by atoms with E-state index in [0.29, 0.717) is 22.5 Å². The first-order valence-electron chi connectivity index (χ1n) is 9.83. The molecular formula is C21H27N5O5S2. The summed E-state index contributed by atoms with van der Waals surface area (Å²) in [6, 6.07) is 5.17. The van der Waals surface area contributed by atoms with Crippen molar-refractivity contribution < 1.29 is 23.1 Å². The standard InChI is InChI=1S/C21H27N5O5S2/c1-12-9-13(2)18(14(3)10-12)33(30,31)26-16(20(28)29)11-25-19(27)17-7-6-15(32-17)5-4-8-24-21(22)23/h4-7,9-10,16,26H,8,11H2,1-3H3,(H,25,27)(H,28,29)(H4,22,23,24). The highest BCUT2D eigenvalue weighted by Crippen LogP contribution is 2.22. The summed E-state index contributed by atoms with van der Waals surface area (Å²) < 4.78 is 27.9. The molecule has 0 radical (unpaired) electrons. The maximum absolute atomic E-state index is 12.9. The molecule has 1 atom stereocenters. The molecule has 0 spiro atoms. The molecule has 1 unspecified atom stereocenters. The number of carboxylic acid groups (broad SMARTS) is 1. The molecule has 0 bridgehead atoms. The third-order valence-corrected chi connectivity index (χ3v) is 7.27. The SMILES string of the molecule is Cc1cc(C)c(S(=O)(=O)NC(CNC(=O)c2ccc(C=CCN=C(N)N)s2)C(=O)O)c(C)c1. The van der Waals surface area contributed by atoms with Crippen molar-refractivity contribution in [2.75, 3.05) is 13.1 Å². The van der Waals surface area contributed by atoms with E-state index in [4.69, 9.17) is 11.5 Å². The van der Waals surface area contributed by atoms with Gasteiger partial charge in [-0.1, -0.05) is 23.8 Å². The highest BCUT2D eigenvalue weighted by Gasteiger charge is 2.28. The highest BCUT2D eigenvalue weighted by atomic mass is 32.2. The molecule has 2 rings (SSSR count). The lowest BCUT2D eigenvalue weighted by molar-refractivity contribution is -0.138. The molecule has 0 aliphatic carbocycles. The van der Waals surface area contributed by atoms with Crippen molar-refractivity contribution in [2.24, 2.45) is 16.5 Å². The second kappa shape index (κ2) is 11.1. The van der Waals surface area contributed by atoms with E-state index in [9.17, 15) is 23.1 Å². The van der Waals surface area contributed by atoms with E-state index in [2.05, 4.69) is 15.0 Å². The molecule has 1 aromatic carbocycles. The molecule has 7 N–H and O–H groups in total. The zero-order valence-corrected chi connectivity index (χ0v) is 20.1. The fraction of sp³-hybridized carbons (Fsp3) is 0.286. The Morgan fingerprint density at radius 2 is 1.82 bits per heavy atom. The Labute approximate surface area is 196 Å². The first kappa shape index (κ1) is 26.0. The topological polar surface area (TPSA) is 177 Å². The second-order valence-corrected chi connectivity index (χ2v) is 10.1. The summed E-state index contributed by atoms with van der Waals surface area (Å²) in [5, 5.41) is 12.0. The first-order valence-corrected chi connectivity index (χ1v) is 12.1. The van der Waals surface area contributed by atoms with E-state index in [-0.39, 0.29) is 10.9 Å². The van der Waals surface area contributed by atoms with Gasteiger partial charge in [-0.15, -0.1) is 11.3 Å². The fourth-order valence-corrected chi connectivity index (χ4v) is 5.69. The van der Waals surface area contributed by atoms with E-state index < -0.39 is 34.5 Å². The van der Waals surface area contributed by atoms with Crippen molar-refractivity contribution in [3.05, 3.63) is 56.8 Å². The van der Waals surface area contributed by atoms with Gasteiger partial charge in [0.25, 0.3) is 5.91 Å². The highest BCUT2D eigenvalue weighted by molar-refractivity contribution is 7.89. The van der Waals surface area contributed by atoms with E-state index in [0.717, 1.165) is 10.4 Å². The van der Waals surface area contributed by atoms with Gasteiger partial charge in [-0.2, -0.15) is 4.72 Å². The minimum atomic E-state index is -4.13. The average molecular weight is 494 g/mol. The summed E-state index contributed by atoms with van der Waals surface area (Å²) in [5.74, 6) is -1.95. The lowest BCUT2D eigenvalue weighted by Crippen LogP contribution is -2.48. The fourth-order valence-electron chi connectivity index (χ4n) is 3.19. The molecule has 0 fully saturated rings. The molecule has 178 valence electrons. The third kappa shape index (κ3) is 7.41. The third-order valence-electron chi connectivity index (χ3n) is 4.45. The van der Waals surface area contributed by atoms with Gasteiger partial charge in [0, 0.05) is 11.4 Å². The van der Waals surface area contributed by atoms with Gasteiger partial charge in [0.1, 0.15) is 6.04 Å². The molecule has 0 aliphatic rings. The zero-order valence-electron chi connectivity index (χ0n) is 18.5. The molecule has 10 nitrogen and oxygen atoms in total. The molecule has 0 aliphatic heterocycles. The van der Waals surface area contributed by atoms with Crippen LogP contribution in [0.25, 0.3) is 6.08 Å². The largest absolute Gasteiger partial charge is 0.480 e. The van der Waals surface area contributed by atoms with Gasteiger partial charge in [-0.25, -0.2) is 13.4 Å². The lowest BCUT2D eigenvalue weighted by Gasteiger charge is -2.18. The zero-order chi connectivity index (χ0) is 24.8. The number of carbonyl (C=O) groups excluding carboxylic acids is 1. The number of nitrogens with zero attached hydrogens (tertiary/aromatic N) is 1. The number of sulfonamides is 1. The normalized spacial score (nSPS) is 12.5. The second-order valence-electron chi connectivity index (χ2n) is 7.32. The number of guanidine groups is 1. The Morgan fingerprint density at radius 1 is 1.18 bits per heavy atom. The van der Waals surface area contributed by atoms with Gasteiger partial charge in [0.2, 0.25) is 10.0 Å². The minimum absolute atomic E-state index is 0.0257. The Kier molecular flexibility index (Phi) is 8.74. The number of aliphatic imine (C=N–C) groups is 1. The van der Waals surface area contributed by atoms with Gasteiger partial charge in [0.15, 0.2) is 5.96 Å². The lowest BCUT2D eigenvalue weighted by atomic mass is 10.1. The van der Waals surface area contributed by atoms with Gasteiger partial charge in [-0.05, 0) is 50.1 Å². The number of hydrogen-bond donors (Lipinski definition) is 5. The predicted octanol–water partition coefficient (Wildman–Crippen LogP) is 1.12. The van der Waals surface area contributed by atoms with Crippen LogP contribution in [0.2, 0.25) is 0 Å². The van der Waals surface area contributed by atoms with Crippen LogP contribution in [0, 0.1) is 20.8 Å². The van der Waals surface area contributed by atoms with Crippen LogP contribution in [-0.4, -0.2) is 50.5 Å². The van der Waals surface area contributed by atoms with Gasteiger partial charge in [0.05, 0.1) is 16.3 Å². The maximum Gasteiger partial charge on any atom is 0.323 e. The maximum atomic E-state index is 12.9. The summed E-state index contributed by atoms with van der Waals surface area (Å²) in [6.45, 7) is 5.00. The van der Waals surface area contributed by atoms with Crippen LogP contribution in [0.1, 0.15) is 31.2 Å². The number of aliphatic carboxylic acids is 1. The molecule has 0 saturated carbocycles. The summed E-state index contributed by atoms with van der Waals surface area (Å²) in [4.78, 5) is 29.1. The molecule has 1 heterocycles.